The molecule has 0 saturated carbocycles. The van der Waals surface area contributed by atoms with Crippen molar-refractivity contribution in [3.63, 3.8) is 0 Å². The van der Waals surface area contributed by atoms with E-state index < -0.39 is 0 Å². The molecule has 0 aliphatic heterocycles. The van der Waals surface area contributed by atoms with E-state index in [2.05, 4.69) is 9.88 Å². The van der Waals surface area contributed by atoms with Gasteiger partial charge in [0, 0.05) is 51.4 Å². The predicted molar refractivity (Wildman–Crippen MR) is 120 cm³/mol. The highest BCUT2D eigenvalue weighted by Gasteiger charge is 2.22. The van der Waals surface area contributed by atoms with Crippen molar-refractivity contribution in [2.45, 2.75) is 12.3 Å². The molecule has 0 amide bonds. The van der Waals surface area contributed by atoms with Gasteiger partial charge in [0.25, 0.3) is 0 Å². The van der Waals surface area contributed by atoms with Gasteiger partial charge in [-0.05, 0) is 62.5 Å². The lowest BCUT2D eigenvalue weighted by molar-refractivity contribution is 0.112. The number of aldehydes is 1. The summed E-state index contributed by atoms with van der Waals surface area (Å²) < 4.78 is 0. The zero-order valence-corrected chi connectivity index (χ0v) is 17.4. The molecule has 0 fully saturated rings. The predicted octanol–water partition coefficient (Wildman–Crippen LogP) is 4.46. The molecule has 5 nitrogen and oxygen atoms in total. The number of aromatic nitrogens is 1. The fraction of sp³-hybridized carbons (Fsp3) is 0.217. The molecule has 1 heterocycles. The van der Waals surface area contributed by atoms with Gasteiger partial charge in [-0.25, -0.2) is 0 Å². The summed E-state index contributed by atoms with van der Waals surface area (Å²) in [7, 11) is 4.07. The summed E-state index contributed by atoms with van der Waals surface area (Å²) in [6.07, 6.45) is 5.13. The molecule has 1 atom stereocenters. The maximum absolute atomic E-state index is 11.6. The second kappa shape index (κ2) is 9.07. The number of nitrogens with two attached hydrogens (primary N) is 2. The van der Waals surface area contributed by atoms with Crippen LogP contribution < -0.4 is 11.5 Å². The van der Waals surface area contributed by atoms with Crippen LogP contribution in [0.5, 0.6) is 0 Å². The molecule has 0 bridgehead atoms. The van der Waals surface area contributed by atoms with Crippen LogP contribution in [0.2, 0.25) is 5.02 Å². The zero-order chi connectivity index (χ0) is 21.0. The average molecular weight is 409 g/mol. The van der Waals surface area contributed by atoms with Gasteiger partial charge in [0.05, 0.1) is 0 Å². The molecule has 1 unspecified atom stereocenters. The molecule has 4 N–H and O–H groups in total. The number of carbonyl (C=O) groups is 1. The largest absolute Gasteiger partial charge is 0.398 e. The van der Waals surface area contributed by atoms with E-state index in [0.29, 0.717) is 22.0 Å². The number of rotatable bonds is 7. The van der Waals surface area contributed by atoms with Gasteiger partial charge >= 0.3 is 0 Å². The highest BCUT2D eigenvalue weighted by molar-refractivity contribution is 6.31. The summed E-state index contributed by atoms with van der Waals surface area (Å²) in [4.78, 5) is 18.0. The summed E-state index contributed by atoms with van der Waals surface area (Å²) in [5.41, 5.74) is 18.2. The van der Waals surface area contributed by atoms with Crippen LogP contribution in [0.4, 0.5) is 11.4 Å². The Kier molecular flexibility index (Phi) is 6.52. The van der Waals surface area contributed by atoms with E-state index in [-0.39, 0.29) is 5.92 Å². The minimum atomic E-state index is -0.0232. The van der Waals surface area contributed by atoms with E-state index in [9.17, 15) is 4.79 Å². The first-order valence-electron chi connectivity index (χ1n) is 9.40. The van der Waals surface area contributed by atoms with Crippen molar-refractivity contribution >= 4 is 29.3 Å². The number of hydrogen-bond acceptors (Lipinski definition) is 5. The van der Waals surface area contributed by atoms with Crippen LogP contribution in [-0.2, 0) is 0 Å². The van der Waals surface area contributed by atoms with Crippen LogP contribution in [0.25, 0.3) is 11.1 Å². The summed E-state index contributed by atoms with van der Waals surface area (Å²) in [6, 6.07) is 12.9. The number of anilines is 2. The maximum Gasteiger partial charge on any atom is 0.150 e. The third-order valence-electron chi connectivity index (χ3n) is 5.08. The van der Waals surface area contributed by atoms with Crippen molar-refractivity contribution in [2.75, 3.05) is 32.1 Å². The van der Waals surface area contributed by atoms with Crippen LogP contribution in [0.15, 0.2) is 54.9 Å². The molecule has 0 saturated heterocycles. The van der Waals surface area contributed by atoms with E-state index in [1.165, 1.54) is 0 Å². The molecule has 6 heteroatoms. The first kappa shape index (κ1) is 20.8. The lowest BCUT2D eigenvalue weighted by Crippen LogP contribution is -2.18. The first-order valence-corrected chi connectivity index (χ1v) is 9.77. The van der Waals surface area contributed by atoms with Gasteiger partial charge in [-0.2, -0.15) is 0 Å². The molecule has 2 aromatic carbocycles. The Hall–Kier alpha value is -2.89. The van der Waals surface area contributed by atoms with Gasteiger partial charge in [-0.15, -0.1) is 0 Å². The van der Waals surface area contributed by atoms with Crippen molar-refractivity contribution in [1.29, 1.82) is 0 Å². The Bertz CT molecular complexity index is 1020. The van der Waals surface area contributed by atoms with Crippen molar-refractivity contribution in [2.24, 2.45) is 0 Å². The maximum atomic E-state index is 11.6. The summed E-state index contributed by atoms with van der Waals surface area (Å²) in [6.45, 7) is 0.861. The fourth-order valence-electron chi connectivity index (χ4n) is 3.56. The molecule has 3 rings (SSSR count). The number of benzene rings is 2. The van der Waals surface area contributed by atoms with Crippen LogP contribution in [-0.4, -0.2) is 36.8 Å². The standard InChI is InChI=1S/C23H25ClN4O/c1-28(2)11-9-17(21-13-27-10-8-22(21)25)18-4-3-5-19(23(18)26)20-12-16(24)7-6-15(20)14-29/h3-8,10,12-14,17H,9,11,26H2,1-2H3,(H2,25,27). The minimum Gasteiger partial charge on any atom is -0.398 e. The third kappa shape index (κ3) is 4.58. The minimum absolute atomic E-state index is 0.0232. The smallest absolute Gasteiger partial charge is 0.150 e. The second-order valence-electron chi connectivity index (χ2n) is 7.31. The monoisotopic (exact) mass is 408 g/mol. The van der Waals surface area contributed by atoms with Crippen molar-refractivity contribution in [3.8, 4) is 11.1 Å². The Morgan fingerprint density at radius 3 is 2.59 bits per heavy atom. The fourth-order valence-corrected chi connectivity index (χ4v) is 3.73. The summed E-state index contributed by atoms with van der Waals surface area (Å²) in [5.74, 6) is -0.0232. The molecule has 0 radical (unpaired) electrons. The van der Waals surface area contributed by atoms with Gasteiger partial charge in [0.15, 0.2) is 6.29 Å². The lowest BCUT2D eigenvalue weighted by Gasteiger charge is -2.24. The molecule has 0 spiro atoms. The van der Waals surface area contributed by atoms with E-state index in [4.69, 9.17) is 23.1 Å². The van der Waals surface area contributed by atoms with E-state index in [1.54, 1.807) is 36.7 Å². The van der Waals surface area contributed by atoms with Gasteiger partial charge in [-0.3, -0.25) is 9.78 Å². The summed E-state index contributed by atoms with van der Waals surface area (Å²) in [5, 5.41) is 0.552. The van der Waals surface area contributed by atoms with Crippen LogP contribution in [0.3, 0.4) is 0 Å². The van der Waals surface area contributed by atoms with Gasteiger partial charge < -0.3 is 16.4 Å². The Morgan fingerprint density at radius 2 is 1.90 bits per heavy atom. The molecule has 3 aromatic rings. The number of carbonyl (C=O) groups excluding carboxylic acids is 1. The van der Waals surface area contributed by atoms with Gasteiger partial charge in [0.2, 0.25) is 0 Å². The van der Waals surface area contributed by atoms with Crippen molar-refractivity contribution < 1.29 is 4.79 Å². The zero-order valence-electron chi connectivity index (χ0n) is 16.6. The molecule has 0 aliphatic carbocycles. The van der Waals surface area contributed by atoms with E-state index in [1.807, 2.05) is 32.3 Å². The van der Waals surface area contributed by atoms with Gasteiger partial charge in [0.1, 0.15) is 0 Å². The Morgan fingerprint density at radius 1 is 1.10 bits per heavy atom. The van der Waals surface area contributed by atoms with Crippen LogP contribution >= 0.6 is 11.6 Å². The third-order valence-corrected chi connectivity index (χ3v) is 5.31. The molecular weight excluding hydrogens is 384 g/mol. The quantitative estimate of drug-likeness (QED) is 0.445. The Balaban J connectivity index is 2.16. The number of pyridine rings is 1. The molecule has 0 aliphatic rings. The molecule has 29 heavy (non-hydrogen) atoms. The Labute approximate surface area is 176 Å². The van der Waals surface area contributed by atoms with E-state index >= 15 is 0 Å². The number of nitrogen functional groups attached to an aromatic ring is 2. The first-order chi connectivity index (χ1) is 13.9. The van der Waals surface area contributed by atoms with Crippen LogP contribution in [0, 0.1) is 0 Å². The van der Waals surface area contributed by atoms with E-state index in [0.717, 1.165) is 41.5 Å². The SMILES string of the molecule is CN(C)CCC(c1cnccc1N)c1cccc(-c2cc(Cl)ccc2C=O)c1N. The average Bonchev–Trinajstić information content (AvgIpc) is 2.70. The highest BCUT2D eigenvalue weighted by Crippen LogP contribution is 2.40. The molecule has 1 aromatic heterocycles. The normalized spacial score (nSPS) is 12.1. The molecule has 150 valence electrons. The van der Waals surface area contributed by atoms with Crippen molar-refractivity contribution in [1.82, 2.24) is 9.88 Å². The number of halogens is 1. The lowest BCUT2D eigenvalue weighted by atomic mass is 9.85. The number of nitrogens with zero attached hydrogens (tertiary/aromatic N) is 2. The number of para-hydroxylation sites is 1. The van der Waals surface area contributed by atoms with Crippen molar-refractivity contribution in [3.05, 3.63) is 76.6 Å². The van der Waals surface area contributed by atoms with Gasteiger partial charge in [-0.1, -0.05) is 29.8 Å². The van der Waals surface area contributed by atoms with Crippen LogP contribution in [0.1, 0.15) is 33.8 Å². The topological polar surface area (TPSA) is 85.2 Å². The highest BCUT2D eigenvalue weighted by atomic mass is 35.5. The second-order valence-corrected chi connectivity index (χ2v) is 7.74. The molecular formula is C23H25ClN4O. The number of hydrogen-bond donors (Lipinski definition) is 2. The summed E-state index contributed by atoms with van der Waals surface area (Å²) >= 11 is 6.19.